The minimum atomic E-state index is 0. The highest BCUT2D eigenvalue weighted by atomic mass is 127. The van der Waals surface area contributed by atoms with Gasteiger partial charge in [-0.25, -0.2) is 0 Å². The number of guanidine groups is 1. The number of rotatable bonds is 6. The first-order valence-corrected chi connectivity index (χ1v) is 9.01. The van der Waals surface area contributed by atoms with Gasteiger partial charge in [0, 0.05) is 57.7 Å². The van der Waals surface area contributed by atoms with E-state index in [4.69, 9.17) is 4.74 Å². The van der Waals surface area contributed by atoms with Crippen LogP contribution in [0.3, 0.4) is 0 Å². The van der Waals surface area contributed by atoms with Gasteiger partial charge in [0.15, 0.2) is 5.96 Å². The molecule has 0 radical (unpaired) electrons. The largest absolute Gasteiger partial charge is 0.381 e. The fourth-order valence-electron chi connectivity index (χ4n) is 3.42. The van der Waals surface area contributed by atoms with E-state index in [0.717, 1.165) is 51.6 Å². The molecule has 0 unspecified atom stereocenters. The van der Waals surface area contributed by atoms with E-state index in [1.54, 1.807) is 0 Å². The van der Waals surface area contributed by atoms with Crippen molar-refractivity contribution in [2.24, 2.45) is 4.99 Å². The van der Waals surface area contributed by atoms with E-state index in [-0.39, 0.29) is 29.4 Å². The molecule has 2 heterocycles. The molecule has 0 aliphatic carbocycles. The zero-order valence-electron chi connectivity index (χ0n) is 15.4. The van der Waals surface area contributed by atoms with Crippen LogP contribution in [0.25, 0.3) is 0 Å². The Balaban J connectivity index is 0.00000243. The van der Waals surface area contributed by atoms with Crippen molar-refractivity contribution in [3.8, 4) is 0 Å². The lowest BCUT2D eigenvalue weighted by molar-refractivity contribution is 0.0514. The third kappa shape index (κ3) is 5.48. The first-order valence-electron chi connectivity index (χ1n) is 9.01. The molecule has 1 fully saturated rings. The average Bonchev–Trinajstić information content (AvgIpc) is 3.19. The number of nitrogens with one attached hydrogen (secondary N) is 2. The van der Waals surface area contributed by atoms with Crippen LogP contribution in [0, 0.1) is 0 Å². The van der Waals surface area contributed by atoms with Crippen LogP contribution in [0.2, 0.25) is 0 Å². The third-order valence-corrected chi connectivity index (χ3v) is 4.98. The van der Waals surface area contributed by atoms with Crippen LogP contribution >= 0.6 is 24.0 Å². The summed E-state index contributed by atoms with van der Waals surface area (Å²) in [7, 11) is 1.82. The first-order chi connectivity index (χ1) is 12.3. The highest BCUT2D eigenvalue weighted by Gasteiger charge is 2.34. The van der Waals surface area contributed by atoms with Gasteiger partial charge >= 0.3 is 0 Å². The van der Waals surface area contributed by atoms with Gasteiger partial charge in [-0.3, -0.25) is 4.99 Å². The Bertz CT molecular complexity index is 652. The Morgan fingerprint density at radius 2 is 1.77 bits per heavy atom. The Labute approximate surface area is 173 Å². The fraction of sp³-hybridized carbons (Fsp3) is 0.450. The Kier molecular flexibility index (Phi) is 8.44. The van der Waals surface area contributed by atoms with Crippen LogP contribution in [0.15, 0.2) is 59.9 Å². The van der Waals surface area contributed by atoms with E-state index in [2.05, 4.69) is 62.9 Å². The molecular weight excluding hydrogens is 439 g/mol. The number of halogens is 1. The summed E-state index contributed by atoms with van der Waals surface area (Å²) in [6.45, 7) is 4.26. The van der Waals surface area contributed by atoms with Crippen molar-refractivity contribution in [2.75, 3.05) is 33.4 Å². The summed E-state index contributed by atoms with van der Waals surface area (Å²) in [5.41, 5.74) is 1.49. The molecule has 1 aromatic carbocycles. The molecule has 5 nitrogen and oxygen atoms in total. The predicted molar refractivity (Wildman–Crippen MR) is 117 cm³/mol. The lowest BCUT2D eigenvalue weighted by Gasteiger charge is -2.38. The topological polar surface area (TPSA) is 50.6 Å². The zero-order chi connectivity index (χ0) is 17.4. The summed E-state index contributed by atoms with van der Waals surface area (Å²) >= 11 is 0. The molecule has 1 saturated heterocycles. The molecule has 0 atom stereocenters. The molecule has 142 valence electrons. The van der Waals surface area contributed by atoms with Crippen molar-refractivity contribution in [1.82, 2.24) is 15.2 Å². The molecule has 3 rings (SSSR count). The number of aromatic nitrogens is 1. The highest BCUT2D eigenvalue weighted by molar-refractivity contribution is 14.0. The van der Waals surface area contributed by atoms with Crippen molar-refractivity contribution in [2.45, 2.75) is 24.8 Å². The second-order valence-corrected chi connectivity index (χ2v) is 6.53. The molecule has 26 heavy (non-hydrogen) atoms. The van der Waals surface area contributed by atoms with Crippen molar-refractivity contribution in [3.05, 3.63) is 60.4 Å². The van der Waals surface area contributed by atoms with Gasteiger partial charge < -0.3 is 19.9 Å². The number of hydrogen-bond acceptors (Lipinski definition) is 2. The van der Waals surface area contributed by atoms with Gasteiger partial charge in [0.1, 0.15) is 0 Å². The molecule has 0 bridgehead atoms. The van der Waals surface area contributed by atoms with Crippen LogP contribution in [0.1, 0.15) is 18.4 Å². The first kappa shape index (κ1) is 20.8. The molecule has 1 aromatic heterocycles. The summed E-state index contributed by atoms with van der Waals surface area (Å²) < 4.78 is 7.77. The monoisotopic (exact) mass is 468 g/mol. The van der Waals surface area contributed by atoms with Gasteiger partial charge in [0.05, 0.1) is 0 Å². The maximum Gasteiger partial charge on any atom is 0.191 e. The number of ether oxygens (including phenoxy) is 1. The number of aliphatic imine (C=N–C) groups is 1. The quantitative estimate of drug-likeness (QED) is 0.390. The summed E-state index contributed by atoms with van der Waals surface area (Å²) in [5.74, 6) is 0.856. The Morgan fingerprint density at radius 3 is 2.42 bits per heavy atom. The lowest BCUT2D eigenvalue weighted by atomic mass is 9.74. The summed E-state index contributed by atoms with van der Waals surface area (Å²) in [5, 5.41) is 6.94. The minimum absolute atomic E-state index is 0. The molecule has 2 N–H and O–H groups in total. The fourth-order valence-corrected chi connectivity index (χ4v) is 3.42. The van der Waals surface area contributed by atoms with E-state index in [1.165, 1.54) is 5.56 Å². The summed E-state index contributed by atoms with van der Waals surface area (Å²) in [6, 6.07) is 14.9. The smallest absolute Gasteiger partial charge is 0.191 e. The van der Waals surface area contributed by atoms with Crippen LogP contribution in [0.4, 0.5) is 0 Å². The molecule has 1 aliphatic rings. The van der Waals surface area contributed by atoms with Crippen molar-refractivity contribution < 1.29 is 4.74 Å². The van der Waals surface area contributed by atoms with Crippen LogP contribution in [-0.2, 0) is 16.7 Å². The molecule has 0 spiro atoms. The minimum Gasteiger partial charge on any atom is -0.381 e. The number of benzene rings is 1. The van der Waals surface area contributed by atoms with Crippen LogP contribution in [-0.4, -0.2) is 43.9 Å². The van der Waals surface area contributed by atoms with Crippen LogP contribution in [0.5, 0.6) is 0 Å². The molecule has 0 amide bonds. The molecule has 1 aliphatic heterocycles. The Hall–Kier alpha value is -1.54. The zero-order valence-corrected chi connectivity index (χ0v) is 17.7. The highest BCUT2D eigenvalue weighted by Crippen LogP contribution is 2.34. The van der Waals surface area contributed by atoms with E-state index in [1.807, 2.05) is 19.2 Å². The second kappa shape index (κ2) is 10.6. The second-order valence-electron chi connectivity index (χ2n) is 6.53. The average molecular weight is 468 g/mol. The lowest BCUT2D eigenvalue weighted by Crippen LogP contribution is -2.48. The van der Waals surface area contributed by atoms with Crippen molar-refractivity contribution in [3.63, 3.8) is 0 Å². The van der Waals surface area contributed by atoms with Crippen molar-refractivity contribution >= 4 is 29.9 Å². The molecular formula is C20H29IN4O. The van der Waals surface area contributed by atoms with Crippen molar-refractivity contribution in [1.29, 1.82) is 0 Å². The third-order valence-electron chi connectivity index (χ3n) is 4.98. The van der Waals surface area contributed by atoms with Gasteiger partial charge in [0.2, 0.25) is 0 Å². The van der Waals surface area contributed by atoms with Crippen LogP contribution < -0.4 is 10.6 Å². The normalized spacial score (nSPS) is 16.6. The maximum absolute atomic E-state index is 5.61. The van der Waals surface area contributed by atoms with Gasteiger partial charge in [0.25, 0.3) is 0 Å². The van der Waals surface area contributed by atoms with Gasteiger partial charge in [-0.2, -0.15) is 0 Å². The summed E-state index contributed by atoms with van der Waals surface area (Å²) in [4.78, 5) is 4.37. The van der Waals surface area contributed by atoms with Gasteiger partial charge in [-0.05, 0) is 30.5 Å². The standard InChI is InChI=1S/C20H28N4O.HI/c1-21-19(22-11-14-24-12-5-6-13-24)23-17-20(9-15-25-16-10-20)18-7-3-2-4-8-18;/h2-8,12-13H,9-11,14-17H2,1H3,(H2,21,22,23);1H. The van der Waals surface area contributed by atoms with E-state index in [0.29, 0.717) is 0 Å². The molecule has 0 saturated carbocycles. The predicted octanol–water partition coefficient (Wildman–Crippen LogP) is 3.02. The number of nitrogens with zero attached hydrogens (tertiary/aromatic N) is 2. The van der Waals surface area contributed by atoms with E-state index < -0.39 is 0 Å². The SMILES string of the molecule is CN=C(NCCn1cccc1)NCC1(c2ccccc2)CCOCC1.I. The van der Waals surface area contributed by atoms with Gasteiger partial charge in [-0.15, -0.1) is 24.0 Å². The van der Waals surface area contributed by atoms with E-state index >= 15 is 0 Å². The molecule has 6 heteroatoms. The number of hydrogen-bond donors (Lipinski definition) is 2. The summed E-state index contributed by atoms with van der Waals surface area (Å²) in [6.07, 6.45) is 6.21. The maximum atomic E-state index is 5.61. The molecule has 2 aromatic rings. The van der Waals surface area contributed by atoms with Gasteiger partial charge in [-0.1, -0.05) is 30.3 Å². The van der Waals surface area contributed by atoms with E-state index in [9.17, 15) is 0 Å². The Morgan fingerprint density at radius 1 is 1.08 bits per heavy atom.